The molecule has 0 aliphatic carbocycles. The molecular formula is C35H20N4S. The zero-order valence-electron chi connectivity index (χ0n) is 21.2. The van der Waals surface area contributed by atoms with Crippen LogP contribution < -0.4 is 0 Å². The normalized spacial score (nSPS) is 12.0. The SMILES string of the molecule is c1ccc(-c2nc(-c3ccccc3)nc(-n3c4ccccc4c4cc5sc6cccc7ccc(c5c76)c43)n2)cc1. The maximum absolute atomic E-state index is 5.11. The summed E-state index contributed by atoms with van der Waals surface area (Å²) in [5.74, 6) is 1.93. The van der Waals surface area contributed by atoms with Gasteiger partial charge in [-0.25, -0.2) is 4.98 Å². The van der Waals surface area contributed by atoms with Crippen LogP contribution in [0.25, 0.3) is 81.5 Å². The predicted octanol–water partition coefficient (Wildman–Crippen LogP) is 9.26. The maximum atomic E-state index is 5.11. The zero-order chi connectivity index (χ0) is 26.2. The van der Waals surface area contributed by atoms with Crippen LogP contribution in [0.5, 0.6) is 0 Å². The minimum atomic E-state index is 0.619. The number of aromatic nitrogens is 4. The van der Waals surface area contributed by atoms with E-state index < -0.39 is 0 Å². The van der Waals surface area contributed by atoms with Crippen LogP contribution in [0.15, 0.2) is 121 Å². The first-order valence-corrected chi connectivity index (χ1v) is 14.1. The standard InChI is InChI=1S/C35H20N4S/c1-3-10-22(11-4-1)33-36-34(23-12-5-2-6-13-23)38-35(37-33)39-27-16-8-7-15-24(27)26-20-29-31-25(32(26)39)19-18-21-14-9-17-28(40-29)30(21)31/h1-20H. The summed E-state index contributed by atoms with van der Waals surface area (Å²) in [5, 5.41) is 7.54. The summed E-state index contributed by atoms with van der Waals surface area (Å²) in [6.07, 6.45) is 0. The molecule has 9 aromatic rings. The quantitative estimate of drug-likeness (QED) is 0.215. The van der Waals surface area contributed by atoms with E-state index in [0.717, 1.165) is 22.2 Å². The van der Waals surface area contributed by atoms with E-state index in [1.807, 2.05) is 47.7 Å². The number of nitrogens with zero attached hydrogens (tertiary/aromatic N) is 4. The first kappa shape index (κ1) is 21.8. The molecule has 0 amide bonds. The van der Waals surface area contributed by atoms with E-state index in [1.54, 1.807) is 0 Å². The van der Waals surface area contributed by atoms with Crippen molar-refractivity contribution in [3.8, 4) is 28.7 Å². The van der Waals surface area contributed by atoms with Crippen molar-refractivity contribution in [3.05, 3.63) is 121 Å². The summed E-state index contributed by atoms with van der Waals surface area (Å²) in [7, 11) is 0. The molecule has 0 atom stereocenters. The number of fused-ring (bicyclic) bond motifs is 4. The summed E-state index contributed by atoms with van der Waals surface area (Å²) in [6.45, 7) is 0. The number of rotatable bonds is 3. The molecule has 0 N–H and O–H groups in total. The van der Waals surface area contributed by atoms with E-state index in [2.05, 4.69) is 89.5 Å². The monoisotopic (exact) mass is 528 g/mol. The third kappa shape index (κ3) is 3.04. The van der Waals surface area contributed by atoms with Crippen LogP contribution >= 0.6 is 11.3 Å². The van der Waals surface area contributed by atoms with E-state index >= 15 is 0 Å². The van der Waals surface area contributed by atoms with Crippen molar-refractivity contribution in [2.45, 2.75) is 0 Å². The predicted molar refractivity (Wildman–Crippen MR) is 167 cm³/mol. The Kier molecular flexibility index (Phi) is 4.45. The van der Waals surface area contributed by atoms with Gasteiger partial charge in [0, 0.05) is 47.5 Å². The van der Waals surface area contributed by atoms with Gasteiger partial charge in [-0.2, -0.15) is 9.97 Å². The van der Waals surface area contributed by atoms with Gasteiger partial charge in [0.05, 0.1) is 11.0 Å². The highest BCUT2D eigenvalue weighted by Crippen LogP contribution is 2.46. The Morgan fingerprint density at radius 2 is 1.20 bits per heavy atom. The van der Waals surface area contributed by atoms with Crippen LogP contribution in [0.3, 0.4) is 0 Å². The molecule has 3 aromatic heterocycles. The Balaban J connectivity index is 1.45. The van der Waals surface area contributed by atoms with Crippen LogP contribution in [-0.4, -0.2) is 19.5 Å². The Labute approximate surface area is 233 Å². The van der Waals surface area contributed by atoms with Gasteiger partial charge in [0.15, 0.2) is 11.6 Å². The van der Waals surface area contributed by atoms with E-state index in [4.69, 9.17) is 15.0 Å². The van der Waals surface area contributed by atoms with Gasteiger partial charge in [-0.15, -0.1) is 11.3 Å². The third-order valence-electron chi connectivity index (χ3n) is 7.81. The highest BCUT2D eigenvalue weighted by atomic mass is 32.1. The summed E-state index contributed by atoms with van der Waals surface area (Å²) in [4.78, 5) is 15.2. The summed E-state index contributed by atoms with van der Waals surface area (Å²) in [5.41, 5.74) is 4.13. The lowest BCUT2D eigenvalue weighted by Gasteiger charge is -2.12. The molecule has 0 saturated heterocycles. The van der Waals surface area contributed by atoms with Gasteiger partial charge in [0.1, 0.15) is 0 Å². The largest absolute Gasteiger partial charge is 0.277 e. The molecular weight excluding hydrogens is 508 g/mol. The number of para-hydroxylation sites is 1. The van der Waals surface area contributed by atoms with Crippen molar-refractivity contribution in [2.24, 2.45) is 0 Å². The number of benzene rings is 6. The van der Waals surface area contributed by atoms with Crippen LogP contribution in [0.4, 0.5) is 0 Å². The van der Waals surface area contributed by atoms with Crippen molar-refractivity contribution < 1.29 is 0 Å². The Bertz CT molecular complexity index is 2310. The summed E-state index contributed by atoms with van der Waals surface area (Å²) in [6, 6.07) is 42.3. The Morgan fingerprint density at radius 1 is 0.500 bits per heavy atom. The molecule has 5 heteroatoms. The average Bonchev–Trinajstić information content (AvgIpc) is 3.57. The van der Waals surface area contributed by atoms with Gasteiger partial charge < -0.3 is 0 Å². The van der Waals surface area contributed by atoms with E-state index in [0.29, 0.717) is 17.6 Å². The lowest BCUT2D eigenvalue weighted by molar-refractivity contribution is 0.955. The van der Waals surface area contributed by atoms with Gasteiger partial charge in [-0.3, -0.25) is 4.57 Å². The molecule has 4 nitrogen and oxygen atoms in total. The lowest BCUT2D eigenvalue weighted by atomic mass is 9.99. The average molecular weight is 529 g/mol. The van der Waals surface area contributed by atoms with Gasteiger partial charge in [-0.05, 0) is 23.6 Å². The van der Waals surface area contributed by atoms with Crippen LogP contribution in [0.2, 0.25) is 0 Å². The topological polar surface area (TPSA) is 43.6 Å². The molecule has 0 spiro atoms. The second kappa shape index (κ2) is 8.18. The van der Waals surface area contributed by atoms with Gasteiger partial charge in [0.2, 0.25) is 5.95 Å². The van der Waals surface area contributed by atoms with E-state index in [9.17, 15) is 0 Å². The van der Waals surface area contributed by atoms with Crippen molar-refractivity contribution in [1.29, 1.82) is 0 Å². The molecule has 0 aliphatic heterocycles. The van der Waals surface area contributed by atoms with Crippen molar-refractivity contribution in [2.75, 3.05) is 0 Å². The van der Waals surface area contributed by atoms with Crippen molar-refractivity contribution in [1.82, 2.24) is 19.5 Å². The van der Waals surface area contributed by atoms with Gasteiger partial charge in [0.25, 0.3) is 0 Å². The van der Waals surface area contributed by atoms with Crippen molar-refractivity contribution in [3.63, 3.8) is 0 Å². The summed E-state index contributed by atoms with van der Waals surface area (Å²) >= 11 is 1.87. The number of hydrogen-bond acceptors (Lipinski definition) is 4. The van der Waals surface area contributed by atoms with Gasteiger partial charge in [-0.1, -0.05) is 103 Å². The Morgan fingerprint density at radius 3 is 1.95 bits per heavy atom. The minimum absolute atomic E-state index is 0.619. The van der Waals surface area contributed by atoms with Crippen LogP contribution in [0, 0.1) is 0 Å². The fraction of sp³-hybridized carbons (Fsp3) is 0. The number of thiophene rings is 1. The fourth-order valence-corrected chi connectivity index (χ4v) is 7.26. The molecule has 0 aliphatic rings. The number of hydrogen-bond donors (Lipinski definition) is 0. The maximum Gasteiger partial charge on any atom is 0.238 e. The molecule has 40 heavy (non-hydrogen) atoms. The minimum Gasteiger partial charge on any atom is -0.277 e. The molecule has 0 radical (unpaired) electrons. The molecule has 0 bridgehead atoms. The van der Waals surface area contributed by atoms with E-state index in [1.165, 1.54) is 41.7 Å². The second-order valence-corrected chi connectivity index (χ2v) is 11.2. The smallest absolute Gasteiger partial charge is 0.238 e. The lowest BCUT2D eigenvalue weighted by Crippen LogP contribution is -2.06. The second-order valence-electron chi connectivity index (χ2n) is 10.1. The highest BCUT2D eigenvalue weighted by molar-refractivity contribution is 7.26. The molecule has 186 valence electrons. The first-order chi connectivity index (χ1) is 19.8. The van der Waals surface area contributed by atoms with Crippen LogP contribution in [-0.2, 0) is 0 Å². The Hall–Kier alpha value is -5.13. The zero-order valence-corrected chi connectivity index (χ0v) is 22.1. The third-order valence-corrected chi connectivity index (χ3v) is 8.91. The highest BCUT2D eigenvalue weighted by Gasteiger charge is 2.22. The summed E-state index contributed by atoms with van der Waals surface area (Å²) < 4.78 is 4.86. The van der Waals surface area contributed by atoms with E-state index in [-0.39, 0.29) is 0 Å². The molecule has 9 rings (SSSR count). The van der Waals surface area contributed by atoms with Gasteiger partial charge >= 0.3 is 0 Å². The molecule has 0 fully saturated rings. The molecule has 0 unspecified atom stereocenters. The van der Waals surface area contributed by atoms with Crippen molar-refractivity contribution >= 4 is 64.1 Å². The van der Waals surface area contributed by atoms with Crippen LogP contribution in [0.1, 0.15) is 0 Å². The first-order valence-electron chi connectivity index (χ1n) is 13.3. The molecule has 3 heterocycles. The molecule has 0 saturated carbocycles. The molecule has 6 aromatic carbocycles. The fourth-order valence-electron chi connectivity index (χ4n) is 6.07.